The molecule has 1 amide bonds. The molecule has 7 heteroatoms. The number of rotatable bonds is 3. The van der Waals surface area contributed by atoms with Gasteiger partial charge in [0.05, 0.1) is 7.11 Å². The summed E-state index contributed by atoms with van der Waals surface area (Å²) in [7, 11) is 1.32. The van der Waals surface area contributed by atoms with Crippen molar-refractivity contribution in [3.63, 3.8) is 0 Å². The molecular formula is C14H17F3N2O2. The number of amides is 1. The van der Waals surface area contributed by atoms with Crippen molar-refractivity contribution in [2.75, 3.05) is 7.11 Å². The van der Waals surface area contributed by atoms with Crippen LogP contribution in [-0.2, 0) is 4.79 Å². The van der Waals surface area contributed by atoms with Gasteiger partial charge in [-0.05, 0) is 19.9 Å². The van der Waals surface area contributed by atoms with E-state index in [1.807, 2.05) is 0 Å². The predicted molar refractivity (Wildman–Crippen MR) is 70.5 cm³/mol. The van der Waals surface area contributed by atoms with E-state index in [0.717, 1.165) is 5.01 Å². The lowest BCUT2D eigenvalue weighted by atomic mass is 9.96. The molecule has 0 aromatic heterocycles. The monoisotopic (exact) mass is 302 g/mol. The van der Waals surface area contributed by atoms with E-state index in [1.165, 1.54) is 25.3 Å². The molecule has 1 aromatic rings. The van der Waals surface area contributed by atoms with Crippen LogP contribution < -0.4 is 10.2 Å². The Morgan fingerprint density at radius 3 is 2.43 bits per heavy atom. The van der Waals surface area contributed by atoms with Gasteiger partial charge in [-0.1, -0.05) is 18.2 Å². The second kappa shape index (κ2) is 5.22. The molecule has 1 heterocycles. The third-order valence-corrected chi connectivity index (χ3v) is 3.49. The van der Waals surface area contributed by atoms with Gasteiger partial charge in [0.25, 0.3) is 0 Å². The van der Waals surface area contributed by atoms with E-state index in [-0.39, 0.29) is 17.7 Å². The fourth-order valence-electron chi connectivity index (χ4n) is 2.57. The Balaban J connectivity index is 2.53. The first-order chi connectivity index (χ1) is 9.66. The molecule has 2 rings (SSSR count). The van der Waals surface area contributed by atoms with Crippen LogP contribution in [0.3, 0.4) is 0 Å². The lowest BCUT2D eigenvalue weighted by Crippen LogP contribution is -2.51. The molecule has 1 saturated heterocycles. The molecule has 1 aliphatic heterocycles. The maximum atomic E-state index is 13.6. The number of ether oxygens (including phenoxy) is 1. The highest BCUT2D eigenvalue weighted by Crippen LogP contribution is 2.45. The van der Waals surface area contributed by atoms with Crippen LogP contribution in [0.5, 0.6) is 5.75 Å². The number of hydrogen-bond donors (Lipinski definition) is 1. The van der Waals surface area contributed by atoms with Gasteiger partial charge in [-0.25, -0.2) is 0 Å². The minimum Gasteiger partial charge on any atom is -0.496 e. The maximum absolute atomic E-state index is 13.6. The number of nitrogens with zero attached hydrogens (tertiary/aromatic N) is 1. The van der Waals surface area contributed by atoms with Crippen molar-refractivity contribution in [1.29, 1.82) is 0 Å². The highest BCUT2D eigenvalue weighted by atomic mass is 19.4. The van der Waals surface area contributed by atoms with Gasteiger partial charge < -0.3 is 4.74 Å². The molecule has 21 heavy (non-hydrogen) atoms. The van der Waals surface area contributed by atoms with E-state index >= 15 is 0 Å². The average Bonchev–Trinajstić information content (AvgIpc) is 2.62. The van der Waals surface area contributed by atoms with E-state index in [2.05, 4.69) is 5.43 Å². The van der Waals surface area contributed by atoms with Crippen LogP contribution in [0.1, 0.15) is 31.9 Å². The fourth-order valence-corrected chi connectivity index (χ4v) is 2.57. The Hall–Kier alpha value is -1.76. The van der Waals surface area contributed by atoms with Crippen molar-refractivity contribution in [2.45, 2.75) is 38.0 Å². The number of para-hydroxylation sites is 1. The molecule has 0 bridgehead atoms. The van der Waals surface area contributed by atoms with Gasteiger partial charge in [-0.2, -0.15) is 18.2 Å². The van der Waals surface area contributed by atoms with E-state index in [1.54, 1.807) is 19.9 Å². The van der Waals surface area contributed by atoms with E-state index in [4.69, 9.17) is 4.74 Å². The van der Waals surface area contributed by atoms with Gasteiger partial charge in [0, 0.05) is 17.5 Å². The normalized spacial score (nSPS) is 20.2. The molecule has 1 aliphatic rings. The number of nitrogens with one attached hydrogen (secondary N) is 1. The van der Waals surface area contributed by atoms with Crippen molar-refractivity contribution < 1.29 is 22.7 Å². The Labute approximate surface area is 120 Å². The van der Waals surface area contributed by atoms with Gasteiger partial charge in [0.1, 0.15) is 5.75 Å². The smallest absolute Gasteiger partial charge is 0.410 e. The van der Waals surface area contributed by atoms with Crippen LogP contribution in [0, 0.1) is 0 Å². The Kier molecular flexibility index (Phi) is 3.88. The molecule has 1 fully saturated rings. The molecular weight excluding hydrogens is 285 g/mol. The summed E-state index contributed by atoms with van der Waals surface area (Å²) in [5.74, 6) is -0.291. The van der Waals surface area contributed by atoms with E-state index in [9.17, 15) is 18.0 Å². The third kappa shape index (κ3) is 2.97. The number of hydrogen-bond acceptors (Lipinski definition) is 3. The number of benzene rings is 1. The summed E-state index contributed by atoms with van der Waals surface area (Å²) in [6.07, 6.45) is -4.54. The predicted octanol–water partition coefficient (Wildman–Crippen LogP) is 2.81. The van der Waals surface area contributed by atoms with Crippen molar-refractivity contribution in [3.05, 3.63) is 29.8 Å². The van der Waals surface area contributed by atoms with Crippen LogP contribution in [0.15, 0.2) is 24.3 Å². The maximum Gasteiger partial charge on any atom is 0.410 e. The van der Waals surface area contributed by atoms with Crippen LogP contribution in [0.2, 0.25) is 0 Å². The third-order valence-electron chi connectivity index (χ3n) is 3.49. The molecule has 1 aromatic carbocycles. The fraction of sp³-hybridized carbons (Fsp3) is 0.500. The topological polar surface area (TPSA) is 41.6 Å². The second-order valence-corrected chi connectivity index (χ2v) is 5.58. The SMILES string of the molecule is COc1ccccc1[C@H](N1NC(=O)CC1(C)C)C(F)(F)F. The molecule has 0 aliphatic carbocycles. The Bertz CT molecular complexity index is 543. The highest BCUT2D eigenvalue weighted by Gasteiger charge is 2.53. The largest absolute Gasteiger partial charge is 0.496 e. The zero-order valence-electron chi connectivity index (χ0n) is 12.0. The molecule has 1 N–H and O–H groups in total. The zero-order valence-corrected chi connectivity index (χ0v) is 12.0. The number of methoxy groups -OCH3 is 1. The van der Waals surface area contributed by atoms with Crippen molar-refractivity contribution in [2.24, 2.45) is 0 Å². The van der Waals surface area contributed by atoms with Crippen molar-refractivity contribution >= 4 is 5.91 Å². The number of halogens is 3. The highest BCUT2D eigenvalue weighted by molar-refractivity contribution is 5.79. The summed E-state index contributed by atoms with van der Waals surface area (Å²) >= 11 is 0. The molecule has 0 radical (unpaired) electrons. The zero-order chi connectivity index (χ0) is 15.8. The summed E-state index contributed by atoms with van der Waals surface area (Å²) in [4.78, 5) is 11.5. The lowest BCUT2D eigenvalue weighted by Gasteiger charge is -2.38. The number of carbonyl (C=O) groups excluding carboxylic acids is 1. The van der Waals surface area contributed by atoms with E-state index in [0.29, 0.717) is 0 Å². The summed E-state index contributed by atoms with van der Waals surface area (Å²) < 4.78 is 45.8. The van der Waals surface area contributed by atoms with Gasteiger partial charge in [-0.15, -0.1) is 0 Å². The first-order valence-corrected chi connectivity index (χ1v) is 6.45. The molecule has 4 nitrogen and oxygen atoms in total. The van der Waals surface area contributed by atoms with Gasteiger partial charge >= 0.3 is 6.18 Å². The van der Waals surface area contributed by atoms with Crippen molar-refractivity contribution in [1.82, 2.24) is 10.4 Å². The molecule has 0 unspecified atom stereocenters. The van der Waals surface area contributed by atoms with Gasteiger partial charge in [-0.3, -0.25) is 10.2 Å². The Morgan fingerprint density at radius 2 is 1.95 bits per heavy atom. The molecule has 1 atom stereocenters. The average molecular weight is 302 g/mol. The first-order valence-electron chi connectivity index (χ1n) is 6.45. The van der Waals surface area contributed by atoms with E-state index < -0.39 is 23.7 Å². The minimum absolute atomic E-state index is 0.00866. The second-order valence-electron chi connectivity index (χ2n) is 5.58. The first kappa shape index (κ1) is 15.6. The van der Waals surface area contributed by atoms with Crippen LogP contribution in [-0.4, -0.2) is 29.7 Å². The number of alkyl halides is 3. The Morgan fingerprint density at radius 1 is 1.33 bits per heavy atom. The molecule has 116 valence electrons. The summed E-state index contributed by atoms with van der Waals surface area (Å²) in [6.45, 7) is 3.19. The minimum atomic E-state index is -4.55. The quantitative estimate of drug-likeness (QED) is 0.933. The standard InChI is InChI=1S/C14H17F3N2O2/c1-13(2)8-11(20)18-19(13)12(14(15,16)17)9-6-4-5-7-10(9)21-3/h4-7,12H,8H2,1-3H3,(H,18,20)/t12-/m0/s1. The summed E-state index contributed by atoms with van der Waals surface area (Å²) in [5.41, 5.74) is 1.35. The van der Waals surface area contributed by atoms with Gasteiger partial charge in [0.15, 0.2) is 6.04 Å². The lowest BCUT2D eigenvalue weighted by molar-refractivity contribution is -0.204. The van der Waals surface area contributed by atoms with Crippen LogP contribution in [0.25, 0.3) is 0 Å². The summed E-state index contributed by atoms with van der Waals surface area (Å²) in [6, 6.07) is 3.98. The van der Waals surface area contributed by atoms with Crippen molar-refractivity contribution in [3.8, 4) is 5.75 Å². The summed E-state index contributed by atoms with van der Waals surface area (Å²) in [5, 5.41) is 0.965. The molecule has 0 saturated carbocycles. The number of carbonyl (C=O) groups is 1. The van der Waals surface area contributed by atoms with Crippen LogP contribution >= 0.6 is 0 Å². The van der Waals surface area contributed by atoms with Crippen LogP contribution in [0.4, 0.5) is 13.2 Å². The number of hydrazine groups is 1. The molecule has 0 spiro atoms. The van der Waals surface area contributed by atoms with Gasteiger partial charge in [0.2, 0.25) is 5.91 Å².